The van der Waals surface area contributed by atoms with Crippen LogP contribution in [0.3, 0.4) is 0 Å². The highest BCUT2D eigenvalue weighted by Gasteiger charge is 2.26. The van der Waals surface area contributed by atoms with Crippen molar-refractivity contribution in [2.75, 3.05) is 0 Å². The second-order valence-corrected chi connectivity index (χ2v) is 7.46. The monoisotopic (exact) mass is 470 g/mol. The van der Waals surface area contributed by atoms with Gasteiger partial charge in [0.25, 0.3) is 0 Å². The number of hydrogen-bond acceptors (Lipinski definition) is 7. The van der Waals surface area contributed by atoms with Crippen LogP contribution < -0.4 is 9.47 Å². The molecule has 4 rings (SSSR count). The van der Waals surface area contributed by atoms with Gasteiger partial charge in [0.2, 0.25) is 24.1 Å². The van der Waals surface area contributed by atoms with Crippen LogP contribution >= 0.6 is 0 Å². The molecular formula is C28H22O7. The maximum Gasteiger partial charge on any atom is 0.223 e. The van der Waals surface area contributed by atoms with E-state index in [1.165, 1.54) is 24.3 Å². The van der Waals surface area contributed by atoms with Crippen LogP contribution in [-0.4, -0.2) is 34.4 Å². The van der Waals surface area contributed by atoms with E-state index in [1.807, 2.05) is 36.4 Å². The minimum Gasteiger partial charge on any atom is -0.457 e. The maximum absolute atomic E-state index is 12.6. The van der Waals surface area contributed by atoms with E-state index in [1.54, 1.807) is 48.5 Å². The smallest absolute Gasteiger partial charge is 0.223 e. The number of hydrogen-bond donors (Lipinski definition) is 2. The van der Waals surface area contributed by atoms with Crippen molar-refractivity contribution >= 4 is 11.6 Å². The molecule has 0 radical (unpaired) electrons. The summed E-state index contributed by atoms with van der Waals surface area (Å²) >= 11 is 0. The van der Waals surface area contributed by atoms with E-state index in [0.29, 0.717) is 23.0 Å². The SMILES string of the molecule is O=C(c1cccc(Oc2ccccc2)c1)C(O)OC(O)C(=O)c1cccc(Oc2ccccc2)c1. The summed E-state index contributed by atoms with van der Waals surface area (Å²) in [6.45, 7) is 0. The fourth-order valence-corrected chi connectivity index (χ4v) is 3.21. The number of carbonyl (C=O) groups excluding carboxylic acids is 2. The Hall–Kier alpha value is -4.30. The van der Waals surface area contributed by atoms with Gasteiger partial charge in [-0.1, -0.05) is 60.7 Å². The van der Waals surface area contributed by atoms with Crippen molar-refractivity contribution in [3.8, 4) is 23.0 Å². The van der Waals surface area contributed by atoms with Gasteiger partial charge in [-0.05, 0) is 48.5 Å². The lowest BCUT2D eigenvalue weighted by Gasteiger charge is -2.16. The van der Waals surface area contributed by atoms with Gasteiger partial charge >= 0.3 is 0 Å². The van der Waals surface area contributed by atoms with E-state index < -0.39 is 24.1 Å². The average molecular weight is 470 g/mol. The lowest BCUT2D eigenvalue weighted by Crippen LogP contribution is -2.34. The maximum atomic E-state index is 12.6. The molecule has 0 aliphatic carbocycles. The van der Waals surface area contributed by atoms with Crippen molar-refractivity contribution in [3.05, 3.63) is 120 Å². The highest BCUT2D eigenvalue weighted by molar-refractivity contribution is 6.00. The number of para-hydroxylation sites is 2. The molecule has 176 valence electrons. The first-order valence-electron chi connectivity index (χ1n) is 10.8. The first-order valence-corrected chi connectivity index (χ1v) is 10.8. The molecule has 0 aliphatic heterocycles. The number of benzene rings is 4. The van der Waals surface area contributed by atoms with Crippen LogP contribution in [0.15, 0.2) is 109 Å². The van der Waals surface area contributed by atoms with Gasteiger partial charge < -0.3 is 24.4 Å². The molecule has 0 amide bonds. The minimum absolute atomic E-state index is 0.0869. The molecule has 4 aromatic carbocycles. The molecule has 0 spiro atoms. The normalized spacial score (nSPS) is 12.4. The number of Topliss-reactive ketones (excluding diaryl/α,β-unsaturated/α-hetero) is 2. The van der Waals surface area contributed by atoms with Gasteiger partial charge in [-0.3, -0.25) is 9.59 Å². The molecule has 2 atom stereocenters. The summed E-state index contributed by atoms with van der Waals surface area (Å²) in [6, 6.07) is 30.2. The number of aliphatic hydroxyl groups excluding tert-OH is 2. The molecule has 0 saturated carbocycles. The molecule has 2 N–H and O–H groups in total. The second kappa shape index (κ2) is 11.2. The summed E-state index contributed by atoms with van der Waals surface area (Å²) in [7, 11) is 0. The Labute approximate surface area is 201 Å². The van der Waals surface area contributed by atoms with Crippen LogP contribution in [0.5, 0.6) is 23.0 Å². The third-order valence-electron chi connectivity index (χ3n) is 4.90. The molecule has 0 saturated heterocycles. The Bertz CT molecular complexity index is 1190. The molecule has 0 fully saturated rings. The number of ketones is 2. The number of ether oxygens (including phenoxy) is 3. The van der Waals surface area contributed by atoms with E-state index in [-0.39, 0.29) is 11.1 Å². The number of rotatable bonds is 10. The molecule has 7 heteroatoms. The average Bonchev–Trinajstić information content (AvgIpc) is 2.89. The molecule has 7 nitrogen and oxygen atoms in total. The summed E-state index contributed by atoms with van der Waals surface area (Å²) in [5.74, 6) is 0.233. The van der Waals surface area contributed by atoms with Crippen molar-refractivity contribution in [1.82, 2.24) is 0 Å². The van der Waals surface area contributed by atoms with Gasteiger partial charge in [-0.25, -0.2) is 0 Å². The van der Waals surface area contributed by atoms with Crippen LogP contribution in [0, 0.1) is 0 Å². The Kier molecular flexibility index (Phi) is 7.64. The Morgan fingerprint density at radius 2 is 0.886 bits per heavy atom. The highest BCUT2D eigenvalue weighted by atomic mass is 16.7. The van der Waals surface area contributed by atoms with Crippen LogP contribution in [-0.2, 0) is 4.74 Å². The van der Waals surface area contributed by atoms with Crippen LogP contribution in [0.1, 0.15) is 20.7 Å². The highest BCUT2D eigenvalue weighted by Crippen LogP contribution is 2.24. The third kappa shape index (κ3) is 6.39. The predicted molar refractivity (Wildman–Crippen MR) is 128 cm³/mol. The van der Waals surface area contributed by atoms with Crippen molar-refractivity contribution in [2.24, 2.45) is 0 Å². The molecule has 35 heavy (non-hydrogen) atoms. The van der Waals surface area contributed by atoms with E-state index in [2.05, 4.69) is 0 Å². The zero-order valence-corrected chi connectivity index (χ0v) is 18.5. The van der Waals surface area contributed by atoms with Crippen LogP contribution in [0.2, 0.25) is 0 Å². The third-order valence-corrected chi connectivity index (χ3v) is 4.90. The Morgan fingerprint density at radius 3 is 1.29 bits per heavy atom. The van der Waals surface area contributed by atoms with Gasteiger partial charge in [0.15, 0.2) is 0 Å². The topological polar surface area (TPSA) is 102 Å². The summed E-state index contributed by atoms with van der Waals surface area (Å²) in [6.07, 6.45) is -4.13. The minimum atomic E-state index is -2.07. The first kappa shape index (κ1) is 23.8. The van der Waals surface area contributed by atoms with Crippen molar-refractivity contribution in [3.63, 3.8) is 0 Å². The van der Waals surface area contributed by atoms with Crippen LogP contribution in [0.25, 0.3) is 0 Å². The number of carbonyl (C=O) groups is 2. The zero-order chi connectivity index (χ0) is 24.6. The molecule has 2 unspecified atom stereocenters. The zero-order valence-electron chi connectivity index (χ0n) is 18.5. The Morgan fingerprint density at radius 1 is 0.514 bits per heavy atom. The predicted octanol–water partition coefficient (Wildman–Crippen LogP) is 4.99. The fourth-order valence-electron chi connectivity index (χ4n) is 3.21. The van der Waals surface area contributed by atoms with Gasteiger partial charge in [-0.15, -0.1) is 0 Å². The molecular weight excluding hydrogens is 448 g/mol. The van der Waals surface area contributed by atoms with Gasteiger partial charge in [0.05, 0.1) is 0 Å². The first-order chi connectivity index (χ1) is 17.0. The van der Waals surface area contributed by atoms with Gasteiger partial charge in [-0.2, -0.15) is 0 Å². The summed E-state index contributed by atoms with van der Waals surface area (Å²) < 4.78 is 16.3. The molecule has 0 aliphatic rings. The lowest BCUT2D eigenvalue weighted by atomic mass is 10.1. The van der Waals surface area contributed by atoms with Crippen molar-refractivity contribution in [1.29, 1.82) is 0 Å². The second-order valence-electron chi connectivity index (χ2n) is 7.46. The van der Waals surface area contributed by atoms with Crippen LogP contribution in [0.4, 0.5) is 0 Å². The largest absolute Gasteiger partial charge is 0.457 e. The molecule has 0 aromatic heterocycles. The summed E-state index contributed by atoms with van der Waals surface area (Å²) in [4.78, 5) is 25.3. The van der Waals surface area contributed by atoms with Gasteiger partial charge in [0.1, 0.15) is 23.0 Å². The van der Waals surface area contributed by atoms with Crippen molar-refractivity contribution in [2.45, 2.75) is 12.6 Å². The fraction of sp³-hybridized carbons (Fsp3) is 0.0714. The molecule has 0 bridgehead atoms. The summed E-state index contributed by atoms with van der Waals surface area (Å²) in [5, 5.41) is 20.4. The Balaban J connectivity index is 1.39. The van der Waals surface area contributed by atoms with E-state index in [0.717, 1.165) is 0 Å². The van der Waals surface area contributed by atoms with Crippen molar-refractivity contribution < 1.29 is 34.0 Å². The lowest BCUT2D eigenvalue weighted by molar-refractivity contribution is -0.163. The molecule has 0 heterocycles. The van der Waals surface area contributed by atoms with Gasteiger partial charge in [0, 0.05) is 11.1 Å². The van der Waals surface area contributed by atoms with E-state index in [9.17, 15) is 19.8 Å². The number of aliphatic hydroxyl groups is 2. The quantitative estimate of drug-likeness (QED) is 0.249. The van der Waals surface area contributed by atoms with E-state index >= 15 is 0 Å². The summed E-state index contributed by atoms with van der Waals surface area (Å²) in [5.41, 5.74) is 0.174. The van der Waals surface area contributed by atoms with E-state index in [4.69, 9.17) is 14.2 Å². The molecule has 4 aromatic rings. The standard InChI is InChI=1S/C28H22O7/c29-25(19-9-7-15-23(17-19)33-21-11-3-1-4-12-21)27(31)35-28(32)26(30)20-10-8-16-24(18-20)34-22-13-5-2-6-14-22/h1-18,27-28,31-32H.